The number of anilines is 3. The highest BCUT2D eigenvalue weighted by Gasteiger charge is 2.14. The van der Waals surface area contributed by atoms with Crippen molar-refractivity contribution >= 4 is 48.9 Å². The van der Waals surface area contributed by atoms with Crippen molar-refractivity contribution in [2.75, 3.05) is 4.90 Å². The lowest BCUT2D eigenvalue weighted by Gasteiger charge is -2.26. The smallest absolute Gasteiger partial charge is 0.0465 e. The Bertz CT molecular complexity index is 870. The van der Waals surface area contributed by atoms with Crippen LogP contribution in [0.3, 0.4) is 0 Å². The number of hydrogen-bond donors (Lipinski definition) is 0. The van der Waals surface area contributed by atoms with Gasteiger partial charge in [-0.25, -0.2) is 0 Å². The highest BCUT2D eigenvalue weighted by molar-refractivity contribution is 9.10. The summed E-state index contributed by atoms with van der Waals surface area (Å²) in [6.45, 7) is 6.64. The second kappa shape index (κ2) is 8.41. The molecule has 0 bridgehead atoms. The van der Waals surface area contributed by atoms with Gasteiger partial charge in [0.05, 0.1) is 0 Å². The van der Waals surface area contributed by atoms with Gasteiger partial charge >= 0.3 is 0 Å². The third-order valence-electron chi connectivity index (χ3n) is 4.82. The second-order valence-corrected chi connectivity index (χ2v) is 8.42. The minimum atomic E-state index is 0.583. The normalized spacial score (nSPS) is 12.0. The van der Waals surface area contributed by atoms with Gasteiger partial charge in [-0.3, -0.25) is 0 Å². The molecule has 0 heterocycles. The maximum Gasteiger partial charge on any atom is 0.0465 e. The predicted octanol–water partition coefficient (Wildman–Crippen LogP) is 8.50. The van der Waals surface area contributed by atoms with Crippen LogP contribution >= 0.6 is 31.9 Å². The van der Waals surface area contributed by atoms with Crippen molar-refractivity contribution in [3.8, 4) is 0 Å². The zero-order valence-corrected chi connectivity index (χ0v) is 18.5. The maximum atomic E-state index is 3.61. The Hall–Kier alpha value is -1.58. The molecule has 0 amide bonds. The molecular formula is C23H23Br2N. The fourth-order valence-corrected chi connectivity index (χ4v) is 3.50. The van der Waals surface area contributed by atoms with Crippen LogP contribution in [-0.2, 0) is 0 Å². The van der Waals surface area contributed by atoms with Gasteiger partial charge in [0, 0.05) is 26.0 Å². The average Bonchev–Trinajstić information content (AvgIpc) is 2.66. The van der Waals surface area contributed by atoms with Gasteiger partial charge in [-0.1, -0.05) is 57.8 Å². The Balaban J connectivity index is 2.08. The Morgan fingerprint density at radius 1 is 0.808 bits per heavy atom. The summed E-state index contributed by atoms with van der Waals surface area (Å²) in [6, 6.07) is 23.9. The molecule has 3 rings (SSSR count). The first-order valence-electron chi connectivity index (χ1n) is 8.91. The summed E-state index contributed by atoms with van der Waals surface area (Å²) in [5, 5.41) is 0. The van der Waals surface area contributed by atoms with Crippen molar-refractivity contribution in [3.63, 3.8) is 0 Å². The molecule has 3 heteroatoms. The van der Waals surface area contributed by atoms with E-state index in [0.717, 1.165) is 26.7 Å². The molecule has 0 aliphatic heterocycles. The van der Waals surface area contributed by atoms with Crippen molar-refractivity contribution in [2.24, 2.45) is 0 Å². The van der Waals surface area contributed by atoms with Crippen molar-refractivity contribution in [1.82, 2.24) is 0 Å². The summed E-state index contributed by atoms with van der Waals surface area (Å²) in [6.07, 6.45) is 1.15. The molecule has 0 aliphatic rings. The van der Waals surface area contributed by atoms with Crippen LogP contribution in [0.2, 0.25) is 0 Å². The van der Waals surface area contributed by atoms with Crippen LogP contribution in [0, 0.1) is 6.92 Å². The van der Waals surface area contributed by atoms with E-state index in [1.54, 1.807) is 0 Å². The number of nitrogens with zero attached hydrogens (tertiary/aromatic N) is 1. The quantitative estimate of drug-likeness (QED) is 0.359. The molecule has 134 valence electrons. The van der Waals surface area contributed by atoms with Crippen molar-refractivity contribution in [1.29, 1.82) is 0 Å². The molecule has 3 aromatic rings. The van der Waals surface area contributed by atoms with Crippen LogP contribution in [-0.4, -0.2) is 0 Å². The highest BCUT2D eigenvalue weighted by Crippen LogP contribution is 2.37. The van der Waals surface area contributed by atoms with Gasteiger partial charge in [0.2, 0.25) is 0 Å². The minimum Gasteiger partial charge on any atom is -0.310 e. The Kier molecular flexibility index (Phi) is 6.20. The number of hydrogen-bond acceptors (Lipinski definition) is 1. The Morgan fingerprint density at radius 3 is 1.88 bits per heavy atom. The standard InChI is InChI=1S/C23H23Br2N/c1-4-16(2)18-5-9-20(10-6-18)26(21-11-7-19(24)8-12-21)22-13-14-23(25)17(3)15-22/h5-16H,4H2,1-3H3. The van der Waals surface area contributed by atoms with Crippen molar-refractivity contribution in [3.05, 3.63) is 86.8 Å². The van der Waals surface area contributed by atoms with E-state index in [1.165, 1.54) is 16.8 Å². The molecule has 0 spiro atoms. The molecule has 0 saturated carbocycles. The van der Waals surface area contributed by atoms with Crippen molar-refractivity contribution < 1.29 is 0 Å². The van der Waals surface area contributed by atoms with Gasteiger partial charge in [0.1, 0.15) is 0 Å². The zero-order valence-electron chi connectivity index (χ0n) is 15.3. The first-order valence-corrected chi connectivity index (χ1v) is 10.5. The first-order chi connectivity index (χ1) is 12.5. The van der Waals surface area contributed by atoms with Crippen LogP contribution in [0.15, 0.2) is 75.7 Å². The van der Waals surface area contributed by atoms with Gasteiger partial charge in [-0.2, -0.15) is 0 Å². The van der Waals surface area contributed by atoms with E-state index in [0.29, 0.717) is 5.92 Å². The van der Waals surface area contributed by atoms with Gasteiger partial charge in [0.25, 0.3) is 0 Å². The Morgan fingerprint density at radius 2 is 1.35 bits per heavy atom. The van der Waals surface area contributed by atoms with E-state index in [4.69, 9.17) is 0 Å². The summed E-state index contributed by atoms with van der Waals surface area (Å²) >= 11 is 7.15. The van der Waals surface area contributed by atoms with Crippen molar-refractivity contribution in [2.45, 2.75) is 33.1 Å². The predicted molar refractivity (Wildman–Crippen MR) is 120 cm³/mol. The Labute approximate surface area is 173 Å². The monoisotopic (exact) mass is 471 g/mol. The van der Waals surface area contributed by atoms with E-state index < -0.39 is 0 Å². The van der Waals surface area contributed by atoms with Crippen LogP contribution in [0.5, 0.6) is 0 Å². The lowest BCUT2D eigenvalue weighted by Crippen LogP contribution is -2.10. The fourth-order valence-electron chi connectivity index (χ4n) is 2.99. The highest BCUT2D eigenvalue weighted by atomic mass is 79.9. The zero-order chi connectivity index (χ0) is 18.7. The largest absolute Gasteiger partial charge is 0.310 e. The third-order valence-corrected chi connectivity index (χ3v) is 6.24. The van der Waals surface area contributed by atoms with Crippen LogP contribution in [0.25, 0.3) is 0 Å². The van der Waals surface area contributed by atoms with Gasteiger partial charge in [0.15, 0.2) is 0 Å². The third kappa shape index (κ3) is 4.21. The van der Waals surface area contributed by atoms with Gasteiger partial charge in [-0.05, 0) is 85.0 Å². The summed E-state index contributed by atoms with van der Waals surface area (Å²) in [5.74, 6) is 0.583. The molecule has 1 unspecified atom stereocenters. The molecule has 3 aromatic carbocycles. The van der Waals surface area contributed by atoms with Gasteiger partial charge < -0.3 is 4.90 Å². The molecule has 0 radical (unpaired) electrons. The SMILES string of the molecule is CCC(C)c1ccc(N(c2ccc(Br)cc2)c2ccc(Br)c(C)c2)cc1. The molecular weight excluding hydrogens is 450 g/mol. The van der Waals surface area contributed by atoms with E-state index >= 15 is 0 Å². The minimum absolute atomic E-state index is 0.583. The molecule has 1 nitrogen and oxygen atoms in total. The van der Waals surface area contributed by atoms with E-state index in [9.17, 15) is 0 Å². The molecule has 0 aliphatic carbocycles. The molecule has 0 saturated heterocycles. The number of benzene rings is 3. The summed E-state index contributed by atoms with van der Waals surface area (Å²) in [7, 11) is 0. The lowest BCUT2D eigenvalue weighted by atomic mass is 9.98. The number of rotatable bonds is 5. The molecule has 0 fully saturated rings. The molecule has 0 N–H and O–H groups in total. The van der Waals surface area contributed by atoms with Gasteiger partial charge in [-0.15, -0.1) is 0 Å². The van der Waals surface area contributed by atoms with Crippen LogP contribution < -0.4 is 4.90 Å². The summed E-state index contributed by atoms with van der Waals surface area (Å²) in [4.78, 5) is 2.30. The lowest BCUT2D eigenvalue weighted by molar-refractivity contribution is 0.733. The van der Waals surface area contributed by atoms with E-state index in [1.807, 2.05) is 0 Å². The number of aryl methyl sites for hydroxylation is 1. The summed E-state index contributed by atoms with van der Waals surface area (Å²) < 4.78 is 2.21. The molecule has 26 heavy (non-hydrogen) atoms. The van der Waals surface area contributed by atoms with E-state index in [2.05, 4.69) is 124 Å². The fraction of sp³-hybridized carbons (Fsp3) is 0.217. The number of halogens is 2. The topological polar surface area (TPSA) is 3.24 Å². The molecule has 1 atom stereocenters. The molecule has 0 aromatic heterocycles. The summed E-state index contributed by atoms with van der Waals surface area (Å²) in [5.41, 5.74) is 6.08. The average molecular weight is 473 g/mol. The van der Waals surface area contributed by atoms with E-state index in [-0.39, 0.29) is 0 Å². The van der Waals surface area contributed by atoms with Crippen LogP contribution in [0.4, 0.5) is 17.1 Å². The first kappa shape index (κ1) is 19.2. The van der Waals surface area contributed by atoms with Crippen LogP contribution in [0.1, 0.15) is 37.3 Å². The maximum absolute atomic E-state index is 3.61. The second-order valence-electron chi connectivity index (χ2n) is 6.65.